The summed E-state index contributed by atoms with van der Waals surface area (Å²) in [5.74, 6) is -0.854. The van der Waals surface area contributed by atoms with Gasteiger partial charge in [0.1, 0.15) is 16.3 Å². The van der Waals surface area contributed by atoms with Crippen molar-refractivity contribution in [3.8, 4) is 0 Å². The molecule has 3 N–H and O–H groups in total. The molecule has 6 nitrogen and oxygen atoms in total. The number of nitrogens with one attached hydrogen (secondary N) is 1. The molecule has 0 saturated carbocycles. The minimum absolute atomic E-state index is 0.311. The minimum atomic E-state index is -0.544. The van der Waals surface area contributed by atoms with Crippen LogP contribution in [0.3, 0.4) is 0 Å². The van der Waals surface area contributed by atoms with Gasteiger partial charge in [-0.3, -0.25) is 14.0 Å². The van der Waals surface area contributed by atoms with E-state index in [9.17, 15) is 9.59 Å². The molecule has 7 heteroatoms. The Labute approximate surface area is 143 Å². The standard InChI is InChI=1S/C17H18N4O2S/c1-8-6-5-7-21-13(10(3)19-15(8)21)16(23)20-17-12(14(18)22)9(2)11(4)24-17/h5-7H,1-4H3,(H2,18,22)(H,20,23). The number of aromatic nitrogens is 2. The average molecular weight is 342 g/mol. The zero-order valence-electron chi connectivity index (χ0n) is 13.9. The van der Waals surface area contributed by atoms with Gasteiger partial charge in [0.05, 0.1) is 11.3 Å². The molecule has 124 valence electrons. The number of pyridine rings is 1. The summed E-state index contributed by atoms with van der Waals surface area (Å²) in [7, 11) is 0. The van der Waals surface area contributed by atoms with Crippen LogP contribution in [0, 0.1) is 27.7 Å². The molecule has 0 unspecified atom stereocenters. The number of anilines is 1. The van der Waals surface area contributed by atoms with Gasteiger partial charge >= 0.3 is 0 Å². The SMILES string of the molecule is Cc1nc2c(C)cccn2c1C(=O)Nc1sc(C)c(C)c1C(N)=O. The van der Waals surface area contributed by atoms with Gasteiger partial charge in [-0.05, 0) is 44.9 Å². The third-order valence-electron chi connectivity index (χ3n) is 4.09. The van der Waals surface area contributed by atoms with E-state index in [2.05, 4.69) is 10.3 Å². The predicted molar refractivity (Wildman–Crippen MR) is 94.9 cm³/mol. The molecule has 0 saturated heterocycles. The molecule has 3 heterocycles. The Morgan fingerprint density at radius 1 is 1.25 bits per heavy atom. The van der Waals surface area contributed by atoms with Gasteiger partial charge in [-0.1, -0.05) is 6.07 Å². The monoisotopic (exact) mass is 342 g/mol. The number of fused-ring (bicyclic) bond motifs is 1. The summed E-state index contributed by atoms with van der Waals surface area (Å²) >= 11 is 1.35. The zero-order chi connectivity index (χ0) is 17.6. The van der Waals surface area contributed by atoms with Gasteiger partial charge < -0.3 is 11.1 Å². The van der Waals surface area contributed by atoms with Crippen LogP contribution in [-0.4, -0.2) is 21.2 Å². The molecule has 0 spiro atoms. The second kappa shape index (κ2) is 5.76. The minimum Gasteiger partial charge on any atom is -0.365 e. The molecule has 0 radical (unpaired) electrons. The lowest BCUT2D eigenvalue weighted by molar-refractivity contribution is 0.100. The summed E-state index contributed by atoms with van der Waals surface area (Å²) in [5, 5.41) is 3.30. The fraction of sp³-hybridized carbons (Fsp3) is 0.235. The van der Waals surface area contributed by atoms with Crippen LogP contribution in [0.4, 0.5) is 5.00 Å². The van der Waals surface area contributed by atoms with E-state index >= 15 is 0 Å². The van der Waals surface area contributed by atoms with Crippen molar-refractivity contribution < 1.29 is 9.59 Å². The molecule has 3 aromatic rings. The Balaban J connectivity index is 2.06. The maximum Gasteiger partial charge on any atom is 0.275 e. The van der Waals surface area contributed by atoms with Gasteiger partial charge in [0.2, 0.25) is 0 Å². The van der Waals surface area contributed by atoms with Gasteiger partial charge in [-0.2, -0.15) is 0 Å². The maximum absolute atomic E-state index is 12.8. The second-order valence-corrected chi connectivity index (χ2v) is 6.96. The van der Waals surface area contributed by atoms with Gasteiger partial charge in [0.25, 0.3) is 11.8 Å². The maximum atomic E-state index is 12.8. The molecule has 24 heavy (non-hydrogen) atoms. The quantitative estimate of drug-likeness (QED) is 0.767. The van der Waals surface area contributed by atoms with Gasteiger partial charge in [0.15, 0.2) is 0 Å². The summed E-state index contributed by atoms with van der Waals surface area (Å²) in [6, 6.07) is 3.81. The summed E-state index contributed by atoms with van der Waals surface area (Å²) in [4.78, 5) is 29.9. The first-order chi connectivity index (χ1) is 11.3. The lowest BCUT2D eigenvalue weighted by Gasteiger charge is -2.06. The average Bonchev–Trinajstić information content (AvgIpc) is 2.97. The van der Waals surface area contributed by atoms with Crippen molar-refractivity contribution in [2.75, 3.05) is 5.32 Å². The molecular weight excluding hydrogens is 324 g/mol. The molecule has 3 aromatic heterocycles. The summed E-state index contributed by atoms with van der Waals surface area (Å²) in [6.45, 7) is 7.46. The molecule has 0 bridgehead atoms. The second-order valence-electron chi connectivity index (χ2n) is 5.74. The number of rotatable bonds is 3. The number of carbonyl (C=O) groups is 2. The highest BCUT2D eigenvalue weighted by Gasteiger charge is 2.22. The van der Waals surface area contributed by atoms with E-state index < -0.39 is 5.91 Å². The largest absolute Gasteiger partial charge is 0.365 e. The first-order valence-corrected chi connectivity index (χ1v) is 8.28. The molecule has 3 rings (SSSR count). The number of imidazole rings is 1. The van der Waals surface area contributed by atoms with E-state index in [0.717, 1.165) is 21.7 Å². The van der Waals surface area contributed by atoms with Crippen LogP contribution >= 0.6 is 11.3 Å². The molecule has 0 aromatic carbocycles. The number of hydrogen-bond donors (Lipinski definition) is 2. The Hall–Kier alpha value is -2.67. The summed E-state index contributed by atoms with van der Waals surface area (Å²) < 4.78 is 1.76. The van der Waals surface area contributed by atoms with Crippen LogP contribution in [0.5, 0.6) is 0 Å². The van der Waals surface area contributed by atoms with Crippen molar-refractivity contribution in [3.63, 3.8) is 0 Å². The number of aryl methyl sites for hydroxylation is 3. The van der Waals surface area contributed by atoms with Crippen molar-refractivity contribution in [1.29, 1.82) is 0 Å². The van der Waals surface area contributed by atoms with Gasteiger partial charge in [0, 0.05) is 11.1 Å². The van der Waals surface area contributed by atoms with Gasteiger partial charge in [-0.15, -0.1) is 11.3 Å². The number of nitrogens with zero attached hydrogens (tertiary/aromatic N) is 2. The first-order valence-electron chi connectivity index (χ1n) is 7.46. The highest BCUT2D eigenvalue weighted by atomic mass is 32.1. The Morgan fingerprint density at radius 3 is 2.62 bits per heavy atom. The van der Waals surface area contributed by atoms with Crippen molar-refractivity contribution in [1.82, 2.24) is 9.38 Å². The summed E-state index contributed by atoms with van der Waals surface area (Å²) in [5.41, 5.74) is 9.45. The lowest BCUT2D eigenvalue weighted by Crippen LogP contribution is -2.19. The van der Waals surface area contributed by atoms with Crippen molar-refractivity contribution in [3.05, 3.63) is 51.3 Å². The summed E-state index contributed by atoms with van der Waals surface area (Å²) in [6.07, 6.45) is 1.80. The molecule has 0 aliphatic rings. The number of amides is 2. The fourth-order valence-corrected chi connectivity index (χ4v) is 3.83. The topological polar surface area (TPSA) is 89.5 Å². The number of hydrogen-bond acceptors (Lipinski definition) is 4. The fourth-order valence-electron chi connectivity index (χ4n) is 2.76. The molecular formula is C17H18N4O2S. The lowest BCUT2D eigenvalue weighted by atomic mass is 10.1. The normalized spacial score (nSPS) is 11.0. The number of primary amides is 1. The van der Waals surface area contributed by atoms with Gasteiger partial charge in [-0.25, -0.2) is 4.98 Å². The molecule has 0 atom stereocenters. The number of thiophene rings is 1. The molecule has 0 aliphatic carbocycles. The zero-order valence-corrected chi connectivity index (χ0v) is 14.7. The van der Waals surface area contributed by atoms with Crippen molar-refractivity contribution >= 4 is 33.8 Å². The van der Waals surface area contributed by atoms with E-state index in [0.29, 0.717) is 22.0 Å². The smallest absolute Gasteiger partial charge is 0.275 e. The number of carbonyl (C=O) groups excluding carboxylic acids is 2. The molecule has 0 aliphatic heterocycles. The van der Waals surface area contributed by atoms with Crippen LogP contribution in [0.1, 0.15) is 42.5 Å². The van der Waals surface area contributed by atoms with Crippen LogP contribution in [0.25, 0.3) is 5.65 Å². The van der Waals surface area contributed by atoms with E-state index in [4.69, 9.17) is 5.73 Å². The Bertz CT molecular complexity index is 984. The Kier molecular flexibility index (Phi) is 3.88. The molecule has 0 fully saturated rings. The van der Waals surface area contributed by atoms with Crippen molar-refractivity contribution in [2.45, 2.75) is 27.7 Å². The predicted octanol–water partition coefficient (Wildman–Crippen LogP) is 2.98. The van der Waals surface area contributed by atoms with Crippen LogP contribution in [0.15, 0.2) is 18.3 Å². The van der Waals surface area contributed by atoms with Crippen LogP contribution in [-0.2, 0) is 0 Å². The van der Waals surface area contributed by atoms with E-state index in [-0.39, 0.29) is 5.91 Å². The first kappa shape index (κ1) is 16.2. The highest BCUT2D eigenvalue weighted by molar-refractivity contribution is 7.16. The number of nitrogens with two attached hydrogens (primary N) is 1. The highest BCUT2D eigenvalue weighted by Crippen LogP contribution is 2.32. The van der Waals surface area contributed by atoms with Crippen LogP contribution in [0.2, 0.25) is 0 Å². The third-order valence-corrected chi connectivity index (χ3v) is 5.22. The molecule has 2 amide bonds. The van der Waals surface area contributed by atoms with E-state index in [1.165, 1.54) is 11.3 Å². The van der Waals surface area contributed by atoms with E-state index in [1.54, 1.807) is 17.5 Å². The Morgan fingerprint density at radius 2 is 1.96 bits per heavy atom. The third kappa shape index (κ3) is 2.46. The van der Waals surface area contributed by atoms with E-state index in [1.807, 2.05) is 32.9 Å². The van der Waals surface area contributed by atoms with Crippen LogP contribution < -0.4 is 11.1 Å². The van der Waals surface area contributed by atoms with Crippen molar-refractivity contribution in [2.24, 2.45) is 5.73 Å².